The minimum Gasteiger partial charge on any atom is -0.336 e. The second-order valence-electron chi connectivity index (χ2n) is 6.37. The van der Waals surface area contributed by atoms with Gasteiger partial charge in [-0.1, -0.05) is 23.2 Å². The largest absolute Gasteiger partial charge is 0.336 e. The number of amides is 2. The van der Waals surface area contributed by atoms with Crippen LogP contribution in [0, 0.1) is 11.6 Å². The molecule has 0 atom stereocenters. The van der Waals surface area contributed by atoms with Gasteiger partial charge in [0.2, 0.25) is 5.91 Å². The second-order valence-corrected chi connectivity index (χ2v) is 7.21. The highest BCUT2D eigenvalue weighted by atomic mass is 35.5. The standard InChI is InChI=1S/C19H17Cl2F2N3O2/c20-13-2-3-14(21)17(10-13)24-18(27)11-25-5-7-26(8-6-25)19(28)12-1-4-15(22)16(23)9-12/h1-4,9-10H,5-8,11H2,(H,24,27). The van der Waals surface area contributed by atoms with E-state index in [2.05, 4.69) is 5.32 Å². The predicted octanol–water partition coefficient (Wildman–Crippen LogP) is 3.67. The van der Waals surface area contributed by atoms with Crippen LogP contribution in [0.3, 0.4) is 0 Å². The number of halogens is 4. The Bertz CT molecular complexity index is 903. The molecule has 1 N–H and O–H groups in total. The molecule has 0 aromatic heterocycles. The van der Waals surface area contributed by atoms with Crippen molar-refractivity contribution >= 4 is 40.7 Å². The van der Waals surface area contributed by atoms with Gasteiger partial charge in [0.15, 0.2) is 11.6 Å². The number of nitrogens with zero attached hydrogens (tertiary/aromatic N) is 2. The van der Waals surface area contributed by atoms with Crippen molar-refractivity contribution in [2.45, 2.75) is 0 Å². The molecule has 1 fully saturated rings. The van der Waals surface area contributed by atoms with E-state index in [1.165, 1.54) is 6.07 Å². The molecule has 148 valence electrons. The molecule has 1 aliphatic rings. The normalized spacial score (nSPS) is 14.8. The summed E-state index contributed by atoms with van der Waals surface area (Å²) in [5.74, 6) is -2.66. The highest BCUT2D eigenvalue weighted by Gasteiger charge is 2.24. The molecule has 5 nitrogen and oxygen atoms in total. The maximum Gasteiger partial charge on any atom is 0.254 e. The molecular weight excluding hydrogens is 411 g/mol. The van der Waals surface area contributed by atoms with Crippen molar-refractivity contribution in [3.63, 3.8) is 0 Å². The molecule has 1 saturated heterocycles. The highest BCUT2D eigenvalue weighted by Crippen LogP contribution is 2.25. The smallest absolute Gasteiger partial charge is 0.254 e. The molecular formula is C19H17Cl2F2N3O2. The first-order valence-corrected chi connectivity index (χ1v) is 9.30. The number of carbonyl (C=O) groups is 2. The second kappa shape index (κ2) is 8.86. The van der Waals surface area contributed by atoms with Crippen molar-refractivity contribution in [1.29, 1.82) is 0 Å². The summed E-state index contributed by atoms with van der Waals surface area (Å²) in [6, 6.07) is 7.89. The number of rotatable bonds is 4. The molecule has 0 bridgehead atoms. The zero-order valence-electron chi connectivity index (χ0n) is 14.7. The van der Waals surface area contributed by atoms with Gasteiger partial charge < -0.3 is 10.2 Å². The van der Waals surface area contributed by atoms with Gasteiger partial charge in [0, 0.05) is 36.8 Å². The Kier molecular flexibility index (Phi) is 6.49. The molecule has 1 heterocycles. The number of nitrogens with one attached hydrogen (secondary N) is 1. The van der Waals surface area contributed by atoms with Crippen LogP contribution in [0.1, 0.15) is 10.4 Å². The van der Waals surface area contributed by atoms with E-state index in [0.717, 1.165) is 12.1 Å². The monoisotopic (exact) mass is 427 g/mol. The Labute approximate surface area is 170 Å². The van der Waals surface area contributed by atoms with Gasteiger partial charge in [-0.25, -0.2) is 8.78 Å². The first-order valence-electron chi connectivity index (χ1n) is 8.55. The van der Waals surface area contributed by atoms with Crippen LogP contribution in [0.2, 0.25) is 10.0 Å². The van der Waals surface area contributed by atoms with E-state index >= 15 is 0 Å². The molecule has 0 spiro atoms. The summed E-state index contributed by atoms with van der Waals surface area (Å²) in [5.41, 5.74) is 0.534. The Balaban J connectivity index is 1.52. The molecule has 1 aliphatic heterocycles. The number of hydrogen-bond acceptors (Lipinski definition) is 3. The number of piperazine rings is 1. The number of benzene rings is 2. The number of anilines is 1. The van der Waals surface area contributed by atoms with Gasteiger partial charge >= 0.3 is 0 Å². The lowest BCUT2D eigenvalue weighted by atomic mass is 10.1. The topological polar surface area (TPSA) is 52.7 Å². The van der Waals surface area contributed by atoms with E-state index in [1.54, 1.807) is 23.1 Å². The third-order valence-corrected chi connectivity index (χ3v) is 4.96. The van der Waals surface area contributed by atoms with Crippen molar-refractivity contribution in [3.05, 3.63) is 63.6 Å². The van der Waals surface area contributed by atoms with Gasteiger partial charge in [0.05, 0.1) is 17.3 Å². The Morgan fingerprint density at radius 2 is 1.68 bits per heavy atom. The van der Waals surface area contributed by atoms with Crippen molar-refractivity contribution in [2.24, 2.45) is 0 Å². The zero-order chi connectivity index (χ0) is 20.3. The molecule has 2 amide bonds. The average Bonchev–Trinajstić information content (AvgIpc) is 2.67. The minimum absolute atomic E-state index is 0.0979. The van der Waals surface area contributed by atoms with Gasteiger partial charge in [-0.05, 0) is 36.4 Å². The van der Waals surface area contributed by atoms with Gasteiger partial charge in [-0.15, -0.1) is 0 Å². The van der Waals surface area contributed by atoms with Crippen LogP contribution in [0.4, 0.5) is 14.5 Å². The van der Waals surface area contributed by atoms with Crippen LogP contribution in [-0.2, 0) is 4.79 Å². The van der Waals surface area contributed by atoms with Crippen LogP contribution in [0.15, 0.2) is 36.4 Å². The summed E-state index contributed by atoms with van der Waals surface area (Å²) in [4.78, 5) is 28.1. The first kappa shape index (κ1) is 20.5. The van der Waals surface area contributed by atoms with Crippen LogP contribution >= 0.6 is 23.2 Å². The van der Waals surface area contributed by atoms with Crippen LogP contribution in [0.25, 0.3) is 0 Å². The fourth-order valence-corrected chi connectivity index (χ4v) is 3.24. The van der Waals surface area contributed by atoms with E-state index in [0.29, 0.717) is 41.9 Å². The first-order chi connectivity index (χ1) is 13.3. The molecule has 9 heteroatoms. The fourth-order valence-electron chi connectivity index (χ4n) is 2.91. The summed E-state index contributed by atoms with van der Waals surface area (Å²) in [6.45, 7) is 1.85. The maximum absolute atomic E-state index is 13.3. The van der Waals surface area contributed by atoms with Gasteiger partial charge in [0.25, 0.3) is 5.91 Å². The number of hydrogen-bond donors (Lipinski definition) is 1. The van der Waals surface area contributed by atoms with Gasteiger partial charge in [-0.3, -0.25) is 14.5 Å². The van der Waals surface area contributed by atoms with Crippen LogP contribution in [0.5, 0.6) is 0 Å². The van der Waals surface area contributed by atoms with Crippen molar-refractivity contribution in [3.8, 4) is 0 Å². The fraction of sp³-hybridized carbons (Fsp3) is 0.263. The predicted molar refractivity (Wildman–Crippen MR) is 104 cm³/mol. The highest BCUT2D eigenvalue weighted by molar-refractivity contribution is 6.35. The molecule has 0 saturated carbocycles. The van der Waals surface area contributed by atoms with E-state index in [-0.39, 0.29) is 23.9 Å². The summed E-state index contributed by atoms with van der Waals surface area (Å²) >= 11 is 11.9. The Morgan fingerprint density at radius 1 is 0.964 bits per heavy atom. The van der Waals surface area contributed by atoms with Crippen molar-refractivity contribution < 1.29 is 18.4 Å². The molecule has 28 heavy (non-hydrogen) atoms. The van der Waals surface area contributed by atoms with Crippen LogP contribution < -0.4 is 5.32 Å². The third kappa shape index (κ3) is 4.98. The molecule has 2 aromatic rings. The van der Waals surface area contributed by atoms with Gasteiger partial charge in [0.1, 0.15) is 0 Å². The molecule has 0 radical (unpaired) electrons. The summed E-state index contributed by atoms with van der Waals surface area (Å²) in [5, 5.41) is 3.57. The molecule has 0 unspecified atom stereocenters. The van der Waals surface area contributed by atoms with Crippen molar-refractivity contribution in [1.82, 2.24) is 9.80 Å². The van der Waals surface area contributed by atoms with Crippen molar-refractivity contribution in [2.75, 3.05) is 38.0 Å². The zero-order valence-corrected chi connectivity index (χ0v) is 16.2. The molecule has 2 aromatic carbocycles. The Hall–Kier alpha value is -2.22. The Morgan fingerprint density at radius 3 is 2.36 bits per heavy atom. The minimum atomic E-state index is -1.05. The average molecular weight is 428 g/mol. The maximum atomic E-state index is 13.3. The third-order valence-electron chi connectivity index (χ3n) is 4.40. The molecule has 0 aliphatic carbocycles. The summed E-state index contributed by atoms with van der Waals surface area (Å²) < 4.78 is 26.3. The SMILES string of the molecule is O=C(CN1CCN(C(=O)c2ccc(F)c(F)c2)CC1)Nc1cc(Cl)ccc1Cl. The van der Waals surface area contributed by atoms with Crippen LogP contribution in [-0.4, -0.2) is 54.3 Å². The summed E-state index contributed by atoms with van der Waals surface area (Å²) in [6.07, 6.45) is 0. The summed E-state index contributed by atoms with van der Waals surface area (Å²) in [7, 11) is 0. The quantitative estimate of drug-likeness (QED) is 0.809. The lowest BCUT2D eigenvalue weighted by molar-refractivity contribution is -0.117. The van der Waals surface area contributed by atoms with E-state index in [1.807, 2.05) is 4.90 Å². The van der Waals surface area contributed by atoms with E-state index in [9.17, 15) is 18.4 Å². The molecule has 3 rings (SSSR count). The lowest BCUT2D eigenvalue weighted by Gasteiger charge is -2.34. The number of carbonyl (C=O) groups excluding carboxylic acids is 2. The van der Waals surface area contributed by atoms with E-state index in [4.69, 9.17) is 23.2 Å². The van der Waals surface area contributed by atoms with Gasteiger partial charge in [-0.2, -0.15) is 0 Å². The van der Waals surface area contributed by atoms with E-state index < -0.39 is 11.6 Å². The lowest BCUT2D eigenvalue weighted by Crippen LogP contribution is -2.50.